The minimum absolute atomic E-state index is 0.102. The maximum atomic E-state index is 13.8. The van der Waals surface area contributed by atoms with Gasteiger partial charge in [0.15, 0.2) is 5.16 Å². The number of carbonyl (C=O) groups excluding carboxylic acids is 1. The van der Waals surface area contributed by atoms with E-state index in [2.05, 4.69) is 12.2 Å². The van der Waals surface area contributed by atoms with Crippen molar-refractivity contribution in [3.8, 4) is 11.8 Å². The van der Waals surface area contributed by atoms with Gasteiger partial charge in [-0.05, 0) is 55.4 Å². The maximum absolute atomic E-state index is 13.8. The number of nitriles is 1. The monoisotopic (exact) mass is 486 g/mol. The van der Waals surface area contributed by atoms with Crippen LogP contribution in [-0.4, -0.2) is 27.8 Å². The Morgan fingerprint density at radius 3 is 3.03 bits per heavy atom. The molecule has 0 fully saturated rings. The molecule has 9 heteroatoms. The van der Waals surface area contributed by atoms with E-state index in [0.717, 1.165) is 35.2 Å². The quantitative estimate of drug-likeness (QED) is 0.311. The molecule has 0 bridgehead atoms. The number of hydrogen-bond donors (Lipinski definition) is 1. The molecule has 0 spiro atoms. The molecule has 2 aromatic heterocycles. The van der Waals surface area contributed by atoms with Crippen LogP contribution < -0.4 is 10.9 Å². The van der Waals surface area contributed by atoms with Crippen LogP contribution in [0.5, 0.6) is 0 Å². The Morgan fingerprint density at radius 2 is 2.28 bits per heavy atom. The fraction of sp³-hybridized carbons (Fsp3) is 0.391. The summed E-state index contributed by atoms with van der Waals surface area (Å²) in [6.07, 6.45) is 3.17. The molecule has 1 unspecified atom stereocenters. The Balaban J connectivity index is 1.80. The number of rotatable bonds is 6. The number of aryl methyl sites for hydroxylation is 2. The highest BCUT2D eigenvalue weighted by Gasteiger charge is 2.25. The van der Waals surface area contributed by atoms with Crippen molar-refractivity contribution in [2.45, 2.75) is 44.7 Å². The lowest BCUT2D eigenvalue weighted by atomic mass is 9.89. The van der Waals surface area contributed by atoms with E-state index >= 15 is 0 Å². The molecule has 1 amide bonds. The minimum atomic E-state index is -0.201. The molecule has 0 radical (unpaired) electrons. The highest BCUT2D eigenvalue weighted by Crippen LogP contribution is 2.37. The summed E-state index contributed by atoms with van der Waals surface area (Å²) in [6.45, 7) is 4.45. The molecule has 1 aromatic carbocycles. The zero-order valence-electron chi connectivity index (χ0n) is 17.9. The zero-order chi connectivity index (χ0) is 22.8. The van der Waals surface area contributed by atoms with E-state index < -0.39 is 0 Å². The average molecular weight is 487 g/mol. The Labute approximate surface area is 199 Å². The van der Waals surface area contributed by atoms with Crippen molar-refractivity contribution in [3.63, 3.8) is 0 Å². The smallest absolute Gasteiger partial charge is 0.267 e. The molecule has 2 heterocycles. The summed E-state index contributed by atoms with van der Waals surface area (Å²) in [7, 11) is 0. The molecular formula is C23H23ClN4O2S2. The fourth-order valence-electron chi connectivity index (χ4n) is 3.86. The van der Waals surface area contributed by atoms with Gasteiger partial charge in [0.25, 0.3) is 5.56 Å². The van der Waals surface area contributed by atoms with E-state index in [0.29, 0.717) is 33.7 Å². The van der Waals surface area contributed by atoms with Crippen molar-refractivity contribution >= 4 is 50.8 Å². The van der Waals surface area contributed by atoms with Gasteiger partial charge in [0, 0.05) is 16.4 Å². The van der Waals surface area contributed by atoms with Crippen molar-refractivity contribution in [3.05, 3.63) is 49.6 Å². The molecule has 3 aromatic rings. The van der Waals surface area contributed by atoms with Crippen LogP contribution in [0, 0.1) is 24.2 Å². The number of amides is 1. The van der Waals surface area contributed by atoms with Crippen LogP contribution >= 0.6 is 34.7 Å². The normalized spacial score (nSPS) is 15.4. The third-order valence-electron chi connectivity index (χ3n) is 5.60. The molecule has 166 valence electrons. The topological polar surface area (TPSA) is 87.8 Å². The molecule has 32 heavy (non-hydrogen) atoms. The zero-order valence-corrected chi connectivity index (χ0v) is 20.3. The van der Waals surface area contributed by atoms with Gasteiger partial charge in [-0.3, -0.25) is 14.2 Å². The first kappa shape index (κ1) is 22.8. The van der Waals surface area contributed by atoms with E-state index in [1.807, 2.05) is 25.1 Å². The van der Waals surface area contributed by atoms with Crippen LogP contribution in [0.15, 0.2) is 28.2 Å². The Bertz CT molecular complexity index is 1290. The van der Waals surface area contributed by atoms with Gasteiger partial charge in [-0.1, -0.05) is 36.4 Å². The molecule has 0 aliphatic heterocycles. The van der Waals surface area contributed by atoms with Crippen LogP contribution in [0.4, 0.5) is 0 Å². The molecule has 1 atom stereocenters. The third-order valence-corrected chi connectivity index (χ3v) is 8.10. The van der Waals surface area contributed by atoms with Gasteiger partial charge < -0.3 is 5.32 Å². The maximum Gasteiger partial charge on any atom is 0.267 e. The number of thioether (sulfide) groups is 1. The van der Waals surface area contributed by atoms with Gasteiger partial charge in [0.1, 0.15) is 4.83 Å². The number of hydrogen-bond acceptors (Lipinski definition) is 6. The summed E-state index contributed by atoms with van der Waals surface area (Å²) < 4.78 is 1.58. The second-order valence-electron chi connectivity index (χ2n) is 8.05. The van der Waals surface area contributed by atoms with Crippen molar-refractivity contribution in [2.24, 2.45) is 5.92 Å². The van der Waals surface area contributed by atoms with E-state index in [1.165, 1.54) is 16.6 Å². The van der Waals surface area contributed by atoms with Crippen molar-refractivity contribution in [1.29, 1.82) is 5.26 Å². The van der Waals surface area contributed by atoms with Crippen molar-refractivity contribution in [1.82, 2.24) is 14.9 Å². The minimum Gasteiger partial charge on any atom is -0.354 e. The van der Waals surface area contributed by atoms with Crippen LogP contribution in [-0.2, 0) is 17.6 Å². The number of thiophene rings is 1. The summed E-state index contributed by atoms with van der Waals surface area (Å²) in [5.41, 5.74) is 2.56. The predicted octanol–water partition coefficient (Wildman–Crippen LogP) is 4.66. The summed E-state index contributed by atoms with van der Waals surface area (Å²) >= 11 is 9.17. The standard InChI is InChI=1S/C23H23ClN4O2S2/c1-13-4-7-16-18(10-13)32-21-20(16)22(30)28(15-6-5-14(2)17(24)11-15)23(27-21)31-12-19(29)26-9-3-8-25/h5-6,11,13H,3-4,7,9-10,12H2,1-2H3,(H,26,29). The van der Waals surface area contributed by atoms with Gasteiger partial charge in [-0.15, -0.1) is 11.3 Å². The van der Waals surface area contributed by atoms with E-state index in [9.17, 15) is 9.59 Å². The number of benzene rings is 1. The van der Waals surface area contributed by atoms with Crippen LogP contribution in [0.3, 0.4) is 0 Å². The summed E-state index contributed by atoms with van der Waals surface area (Å²) in [5, 5.41) is 13.1. The number of nitrogens with one attached hydrogen (secondary N) is 1. The lowest BCUT2D eigenvalue weighted by Crippen LogP contribution is -2.27. The van der Waals surface area contributed by atoms with Crippen LogP contribution in [0.1, 0.15) is 35.8 Å². The fourth-order valence-corrected chi connectivity index (χ4v) is 6.30. The van der Waals surface area contributed by atoms with Gasteiger partial charge >= 0.3 is 0 Å². The Morgan fingerprint density at radius 1 is 1.47 bits per heavy atom. The van der Waals surface area contributed by atoms with Crippen LogP contribution in [0.2, 0.25) is 5.02 Å². The van der Waals surface area contributed by atoms with Gasteiger partial charge in [-0.2, -0.15) is 5.26 Å². The first-order chi connectivity index (χ1) is 15.4. The predicted molar refractivity (Wildman–Crippen MR) is 130 cm³/mol. The second-order valence-corrected chi connectivity index (χ2v) is 10.5. The number of aromatic nitrogens is 2. The number of carbonyl (C=O) groups is 1. The first-order valence-electron chi connectivity index (χ1n) is 10.5. The van der Waals surface area contributed by atoms with Crippen molar-refractivity contribution in [2.75, 3.05) is 12.3 Å². The first-order valence-corrected chi connectivity index (χ1v) is 12.7. The van der Waals surface area contributed by atoms with E-state index in [4.69, 9.17) is 21.8 Å². The molecule has 4 rings (SSSR count). The summed E-state index contributed by atoms with van der Waals surface area (Å²) in [4.78, 5) is 32.8. The van der Waals surface area contributed by atoms with Crippen LogP contribution in [0.25, 0.3) is 15.9 Å². The number of halogens is 1. The highest BCUT2D eigenvalue weighted by molar-refractivity contribution is 7.99. The average Bonchev–Trinajstić information content (AvgIpc) is 3.12. The Kier molecular flexibility index (Phi) is 6.89. The molecule has 0 saturated carbocycles. The Hall–Kier alpha value is -2.34. The van der Waals surface area contributed by atoms with Gasteiger partial charge in [0.05, 0.1) is 29.3 Å². The lowest BCUT2D eigenvalue weighted by molar-refractivity contribution is -0.118. The summed E-state index contributed by atoms with van der Waals surface area (Å²) in [5.74, 6) is 0.498. The SMILES string of the molecule is Cc1ccc(-n2c(SCC(=O)NCCC#N)nc3sc4c(c3c2=O)CCC(C)C4)cc1Cl. The van der Waals surface area contributed by atoms with Crippen molar-refractivity contribution < 1.29 is 4.79 Å². The molecule has 1 aliphatic carbocycles. The molecule has 6 nitrogen and oxygen atoms in total. The molecule has 1 aliphatic rings. The highest BCUT2D eigenvalue weighted by atomic mass is 35.5. The number of nitrogens with zero attached hydrogens (tertiary/aromatic N) is 3. The molecule has 1 N–H and O–H groups in total. The molecular weight excluding hydrogens is 464 g/mol. The largest absolute Gasteiger partial charge is 0.354 e. The van der Waals surface area contributed by atoms with E-state index in [-0.39, 0.29) is 23.6 Å². The second kappa shape index (κ2) is 9.65. The van der Waals surface area contributed by atoms with Gasteiger partial charge in [0.2, 0.25) is 5.91 Å². The number of fused-ring (bicyclic) bond motifs is 3. The molecule has 0 saturated heterocycles. The van der Waals surface area contributed by atoms with Gasteiger partial charge in [-0.25, -0.2) is 4.98 Å². The summed E-state index contributed by atoms with van der Waals surface area (Å²) in [6, 6.07) is 7.50. The van der Waals surface area contributed by atoms with E-state index in [1.54, 1.807) is 22.0 Å². The lowest BCUT2D eigenvalue weighted by Gasteiger charge is -2.18. The third kappa shape index (κ3) is 4.56.